The predicted molar refractivity (Wildman–Crippen MR) is 62.8 cm³/mol. The zero-order chi connectivity index (χ0) is 11.9. The van der Waals surface area contributed by atoms with Gasteiger partial charge in [-0.15, -0.1) is 0 Å². The Morgan fingerprint density at radius 3 is 2.56 bits per heavy atom. The summed E-state index contributed by atoms with van der Waals surface area (Å²) in [7, 11) is 0. The molecule has 1 saturated carbocycles. The topological polar surface area (TPSA) is 40.5 Å². The quantitative estimate of drug-likeness (QED) is 0.843. The average molecular weight is 310 g/mol. The summed E-state index contributed by atoms with van der Waals surface area (Å²) in [6.45, 7) is 0. The van der Waals surface area contributed by atoms with E-state index < -0.39 is 18.0 Å². The van der Waals surface area contributed by atoms with Crippen LogP contribution in [0.2, 0.25) is 5.02 Å². The van der Waals surface area contributed by atoms with Crippen molar-refractivity contribution >= 4 is 27.5 Å². The van der Waals surface area contributed by atoms with Crippen LogP contribution in [-0.2, 0) is 0 Å². The second kappa shape index (κ2) is 4.61. The van der Waals surface area contributed by atoms with Crippen LogP contribution in [0.1, 0.15) is 24.5 Å². The van der Waals surface area contributed by atoms with Crippen LogP contribution in [0.4, 0.5) is 4.39 Å². The number of aliphatic hydroxyl groups excluding tert-OH is 2. The van der Waals surface area contributed by atoms with E-state index in [0.29, 0.717) is 4.47 Å². The van der Waals surface area contributed by atoms with Crippen molar-refractivity contribution in [3.63, 3.8) is 0 Å². The van der Waals surface area contributed by atoms with Crippen molar-refractivity contribution in [3.05, 3.63) is 33.0 Å². The number of hydrogen-bond acceptors (Lipinski definition) is 2. The molecule has 2 unspecified atom stereocenters. The molecule has 2 rings (SSSR count). The molecule has 1 fully saturated rings. The van der Waals surface area contributed by atoms with Crippen molar-refractivity contribution in [1.29, 1.82) is 0 Å². The molecule has 1 aliphatic carbocycles. The molecule has 5 heteroatoms. The number of hydrogen-bond donors (Lipinski definition) is 2. The number of halogens is 3. The molecule has 0 aromatic heterocycles. The summed E-state index contributed by atoms with van der Waals surface area (Å²) in [5.74, 6) is -0.597. The molecular weight excluding hydrogens is 298 g/mol. The lowest BCUT2D eigenvalue weighted by atomic mass is 10.0. The van der Waals surface area contributed by atoms with Crippen molar-refractivity contribution in [2.75, 3.05) is 0 Å². The Balaban J connectivity index is 2.29. The highest BCUT2D eigenvalue weighted by atomic mass is 79.9. The maximum absolute atomic E-state index is 13.7. The molecule has 0 heterocycles. The van der Waals surface area contributed by atoms with Gasteiger partial charge in [0.1, 0.15) is 11.9 Å². The lowest BCUT2D eigenvalue weighted by molar-refractivity contribution is 0.00291. The molecule has 2 atom stereocenters. The Kier molecular flexibility index (Phi) is 3.54. The van der Waals surface area contributed by atoms with Crippen LogP contribution in [0, 0.1) is 11.7 Å². The average Bonchev–Trinajstić information content (AvgIpc) is 3.08. The third kappa shape index (κ3) is 2.25. The maximum atomic E-state index is 13.7. The first kappa shape index (κ1) is 12.3. The molecule has 2 nitrogen and oxygen atoms in total. The standard InChI is InChI=1S/C11H11BrClFO2/c12-7-4-3-6(9(14)8(7)13)11(16)10(15)5-1-2-5/h3-5,10-11,15-16H,1-2H2. The van der Waals surface area contributed by atoms with Gasteiger partial charge in [0, 0.05) is 10.0 Å². The summed E-state index contributed by atoms with van der Waals surface area (Å²) in [6.07, 6.45) is -0.362. The molecule has 1 aromatic rings. The lowest BCUT2D eigenvalue weighted by Gasteiger charge is -2.18. The minimum atomic E-state index is -1.21. The molecule has 0 aliphatic heterocycles. The van der Waals surface area contributed by atoms with Crippen LogP contribution < -0.4 is 0 Å². The fraction of sp³-hybridized carbons (Fsp3) is 0.455. The molecule has 1 aliphatic rings. The summed E-state index contributed by atoms with van der Waals surface area (Å²) in [4.78, 5) is 0. The van der Waals surface area contributed by atoms with Gasteiger partial charge in [0.2, 0.25) is 0 Å². The van der Waals surface area contributed by atoms with Gasteiger partial charge in [-0.2, -0.15) is 0 Å². The van der Waals surface area contributed by atoms with Gasteiger partial charge in [0.15, 0.2) is 0 Å². The smallest absolute Gasteiger partial charge is 0.148 e. The minimum Gasteiger partial charge on any atom is -0.390 e. The molecule has 0 radical (unpaired) electrons. The highest BCUT2D eigenvalue weighted by Crippen LogP contribution is 2.40. The molecule has 2 N–H and O–H groups in total. The Hall–Kier alpha value is -0.160. The predicted octanol–water partition coefficient (Wildman–Crippen LogP) is 3.05. The van der Waals surface area contributed by atoms with Crippen molar-refractivity contribution in [2.45, 2.75) is 25.0 Å². The third-order valence-corrected chi connectivity index (χ3v) is 4.07. The highest BCUT2D eigenvalue weighted by Gasteiger charge is 2.36. The first-order valence-electron chi connectivity index (χ1n) is 5.02. The molecule has 88 valence electrons. The van der Waals surface area contributed by atoms with E-state index in [1.165, 1.54) is 6.07 Å². The normalized spacial score (nSPS) is 19.6. The summed E-state index contributed by atoms with van der Waals surface area (Å²) < 4.78 is 14.2. The van der Waals surface area contributed by atoms with Crippen LogP contribution >= 0.6 is 27.5 Å². The van der Waals surface area contributed by atoms with E-state index in [2.05, 4.69) is 15.9 Å². The molecule has 0 amide bonds. The third-order valence-electron chi connectivity index (χ3n) is 2.81. The number of aliphatic hydroxyl groups is 2. The van der Waals surface area contributed by atoms with Crippen molar-refractivity contribution in [3.8, 4) is 0 Å². The summed E-state index contributed by atoms with van der Waals surface area (Å²) in [6, 6.07) is 2.99. The van der Waals surface area contributed by atoms with Gasteiger partial charge in [0.05, 0.1) is 11.1 Å². The molecule has 0 bridgehead atoms. The van der Waals surface area contributed by atoms with Crippen LogP contribution in [-0.4, -0.2) is 16.3 Å². The number of benzene rings is 1. The Bertz CT molecular complexity index is 409. The monoisotopic (exact) mass is 308 g/mol. The van der Waals surface area contributed by atoms with E-state index in [-0.39, 0.29) is 16.5 Å². The molecule has 1 aromatic carbocycles. The van der Waals surface area contributed by atoms with Crippen LogP contribution in [0.25, 0.3) is 0 Å². The fourth-order valence-electron chi connectivity index (χ4n) is 1.65. The molecule has 0 spiro atoms. The highest BCUT2D eigenvalue weighted by molar-refractivity contribution is 9.10. The summed E-state index contributed by atoms with van der Waals surface area (Å²) >= 11 is 8.80. The van der Waals surface area contributed by atoms with Crippen LogP contribution in [0.15, 0.2) is 16.6 Å². The van der Waals surface area contributed by atoms with E-state index in [4.69, 9.17) is 11.6 Å². The van der Waals surface area contributed by atoms with E-state index in [1.807, 2.05) is 0 Å². The van der Waals surface area contributed by atoms with E-state index in [9.17, 15) is 14.6 Å². The molecule has 0 saturated heterocycles. The summed E-state index contributed by atoms with van der Waals surface area (Å²) in [5, 5.41) is 19.5. The van der Waals surface area contributed by atoms with Crippen molar-refractivity contribution in [1.82, 2.24) is 0 Å². The second-order valence-electron chi connectivity index (χ2n) is 4.04. The van der Waals surface area contributed by atoms with Gasteiger partial charge in [-0.05, 0) is 40.8 Å². The van der Waals surface area contributed by atoms with Crippen LogP contribution in [0.3, 0.4) is 0 Å². The lowest BCUT2D eigenvalue weighted by Crippen LogP contribution is -2.21. The first-order chi connectivity index (χ1) is 7.52. The zero-order valence-corrected chi connectivity index (χ0v) is 10.7. The second-order valence-corrected chi connectivity index (χ2v) is 5.27. The van der Waals surface area contributed by atoms with Crippen molar-refractivity contribution in [2.24, 2.45) is 5.92 Å². The largest absolute Gasteiger partial charge is 0.390 e. The molecular formula is C11H11BrClFO2. The van der Waals surface area contributed by atoms with Crippen LogP contribution in [0.5, 0.6) is 0 Å². The summed E-state index contributed by atoms with van der Waals surface area (Å²) in [5.41, 5.74) is 0.0487. The molecule has 16 heavy (non-hydrogen) atoms. The van der Waals surface area contributed by atoms with Crippen molar-refractivity contribution < 1.29 is 14.6 Å². The van der Waals surface area contributed by atoms with Gasteiger partial charge < -0.3 is 10.2 Å². The maximum Gasteiger partial charge on any atom is 0.148 e. The Labute approximate surface area is 106 Å². The first-order valence-corrected chi connectivity index (χ1v) is 6.19. The van der Waals surface area contributed by atoms with Gasteiger partial charge >= 0.3 is 0 Å². The van der Waals surface area contributed by atoms with Gasteiger partial charge in [0.25, 0.3) is 0 Å². The zero-order valence-electron chi connectivity index (χ0n) is 8.33. The minimum absolute atomic E-state index is 0.0487. The van der Waals surface area contributed by atoms with Gasteiger partial charge in [-0.25, -0.2) is 4.39 Å². The Morgan fingerprint density at radius 2 is 2.00 bits per heavy atom. The SMILES string of the molecule is OC(c1ccc(Br)c(Cl)c1F)C(O)C1CC1. The Morgan fingerprint density at radius 1 is 1.38 bits per heavy atom. The van der Waals surface area contributed by atoms with E-state index in [1.54, 1.807) is 6.07 Å². The van der Waals surface area contributed by atoms with Gasteiger partial charge in [-0.3, -0.25) is 0 Å². The number of rotatable bonds is 3. The van der Waals surface area contributed by atoms with E-state index >= 15 is 0 Å². The van der Waals surface area contributed by atoms with E-state index in [0.717, 1.165) is 12.8 Å². The van der Waals surface area contributed by atoms with Gasteiger partial charge in [-0.1, -0.05) is 17.7 Å². The fourth-order valence-corrected chi connectivity index (χ4v) is 2.13.